The van der Waals surface area contributed by atoms with Gasteiger partial charge in [0.15, 0.2) is 0 Å². The van der Waals surface area contributed by atoms with Crippen molar-refractivity contribution in [3.8, 4) is 5.69 Å². The molecule has 2 rings (SSSR count). The van der Waals surface area contributed by atoms with Crippen molar-refractivity contribution in [2.24, 2.45) is 7.05 Å². The Morgan fingerprint density at radius 3 is 2.26 bits per heavy atom. The van der Waals surface area contributed by atoms with Crippen LogP contribution in [0.2, 0.25) is 5.02 Å². The molecule has 0 bridgehead atoms. The highest BCUT2D eigenvalue weighted by Gasteiger charge is 2.12. The molecule has 7 heteroatoms. The third-order valence-electron chi connectivity index (χ3n) is 2.65. The summed E-state index contributed by atoms with van der Waals surface area (Å²) >= 11 is 5.78. The number of hydrogen-bond donors (Lipinski definition) is 0. The van der Waals surface area contributed by atoms with Gasteiger partial charge in [-0.3, -0.25) is 4.57 Å². The summed E-state index contributed by atoms with van der Waals surface area (Å²) < 4.78 is 2.32. The molecule has 0 N–H and O–H groups in total. The van der Waals surface area contributed by atoms with E-state index in [0.29, 0.717) is 16.7 Å². The number of halogens is 1. The predicted molar refractivity (Wildman–Crippen MR) is 74.4 cm³/mol. The standard InChI is InChI=1S/C12H13ClN4O2/c1-15(2)10-14-11(18)17(12(19)16(10)3)9-6-4-8(13)5-7-9/h4-7H,1-3H3. The second-order valence-electron chi connectivity index (χ2n) is 4.24. The zero-order valence-electron chi connectivity index (χ0n) is 10.8. The highest BCUT2D eigenvalue weighted by atomic mass is 35.5. The molecular formula is C12H13ClN4O2. The minimum atomic E-state index is -0.617. The fourth-order valence-electron chi connectivity index (χ4n) is 1.74. The van der Waals surface area contributed by atoms with Crippen molar-refractivity contribution < 1.29 is 0 Å². The molecule has 0 atom stereocenters. The van der Waals surface area contributed by atoms with Gasteiger partial charge in [0.05, 0.1) is 5.69 Å². The molecule has 0 fully saturated rings. The van der Waals surface area contributed by atoms with Gasteiger partial charge in [-0.15, -0.1) is 0 Å². The van der Waals surface area contributed by atoms with Crippen LogP contribution in [0.25, 0.3) is 5.69 Å². The summed E-state index contributed by atoms with van der Waals surface area (Å²) in [5.41, 5.74) is -0.632. The summed E-state index contributed by atoms with van der Waals surface area (Å²) in [6.07, 6.45) is 0. The normalized spacial score (nSPS) is 10.5. The predicted octanol–water partition coefficient (Wildman–Crippen LogP) is 0.651. The van der Waals surface area contributed by atoms with Gasteiger partial charge in [0, 0.05) is 26.2 Å². The van der Waals surface area contributed by atoms with Crippen LogP contribution < -0.4 is 16.3 Å². The van der Waals surface area contributed by atoms with Crippen molar-refractivity contribution in [3.63, 3.8) is 0 Å². The average molecular weight is 281 g/mol. The van der Waals surface area contributed by atoms with Crippen LogP contribution in [-0.4, -0.2) is 28.2 Å². The second kappa shape index (κ2) is 4.89. The maximum Gasteiger partial charge on any atom is 0.359 e. The zero-order valence-corrected chi connectivity index (χ0v) is 11.5. The van der Waals surface area contributed by atoms with Crippen LogP contribution in [0.15, 0.2) is 33.9 Å². The first-order valence-electron chi connectivity index (χ1n) is 5.55. The van der Waals surface area contributed by atoms with E-state index in [1.807, 2.05) is 0 Å². The van der Waals surface area contributed by atoms with Gasteiger partial charge in [-0.05, 0) is 24.3 Å². The molecular weight excluding hydrogens is 268 g/mol. The van der Waals surface area contributed by atoms with Crippen LogP contribution in [0.5, 0.6) is 0 Å². The van der Waals surface area contributed by atoms with Crippen LogP contribution in [0.4, 0.5) is 5.95 Å². The third kappa shape index (κ3) is 2.39. The summed E-state index contributed by atoms with van der Waals surface area (Å²) in [6, 6.07) is 6.43. The van der Waals surface area contributed by atoms with Crippen LogP contribution >= 0.6 is 11.6 Å². The van der Waals surface area contributed by atoms with Gasteiger partial charge in [0.25, 0.3) is 0 Å². The minimum absolute atomic E-state index is 0.306. The molecule has 6 nitrogen and oxygen atoms in total. The van der Waals surface area contributed by atoms with E-state index < -0.39 is 11.4 Å². The molecule has 100 valence electrons. The lowest BCUT2D eigenvalue weighted by Gasteiger charge is -2.15. The average Bonchev–Trinajstić information content (AvgIpc) is 2.36. The van der Waals surface area contributed by atoms with Crippen LogP contribution in [0, 0.1) is 0 Å². The Bertz CT molecular complexity index is 716. The van der Waals surface area contributed by atoms with Gasteiger partial charge >= 0.3 is 11.4 Å². The molecule has 1 aromatic carbocycles. The first kappa shape index (κ1) is 13.4. The van der Waals surface area contributed by atoms with E-state index in [-0.39, 0.29) is 0 Å². The first-order valence-corrected chi connectivity index (χ1v) is 5.93. The highest BCUT2D eigenvalue weighted by Crippen LogP contribution is 2.11. The Kier molecular flexibility index (Phi) is 3.44. The summed E-state index contributed by atoms with van der Waals surface area (Å²) in [4.78, 5) is 29.7. The monoisotopic (exact) mass is 280 g/mol. The molecule has 0 radical (unpaired) electrons. The van der Waals surface area contributed by atoms with Crippen LogP contribution in [0.1, 0.15) is 0 Å². The molecule has 1 heterocycles. The highest BCUT2D eigenvalue weighted by molar-refractivity contribution is 6.30. The van der Waals surface area contributed by atoms with Crippen molar-refractivity contribution >= 4 is 17.5 Å². The van der Waals surface area contributed by atoms with Crippen molar-refractivity contribution in [1.29, 1.82) is 0 Å². The van der Waals surface area contributed by atoms with Gasteiger partial charge in [0.2, 0.25) is 5.95 Å². The van der Waals surface area contributed by atoms with Gasteiger partial charge in [-0.1, -0.05) is 11.6 Å². The fourth-order valence-corrected chi connectivity index (χ4v) is 1.86. The molecule has 0 aliphatic carbocycles. The Balaban J connectivity index is 2.73. The lowest BCUT2D eigenvalue weighted by Crippen LogP contribution is -2.41. The summed E-state index contributed by atoms with van der Waals surface area (Å²) in [5, 5.41) is 0.534. The Morgan fingerprint density at radius 2 is 1.74 bits per heavy atom. The Morgan fingerprint density at radius 1 is 1.16 bits per heavy atom. The van der Waals surface area contributed by atoms with E-state index in [0.717, 1.165) is 4.57 Å². The maximum atomic E-state index is 12.2. The maximum absolute atomic E-state index is 12.2. The van der Waals surface area contributed by atoms with Gasteiger partial charge < -0.3 is 4.90 Å². The number of nitrogens with zero attached hydrogens (tertiary/aromatic N) is 4. The molecule has 0 saturated carbocycles. The van der Waals surface area contributed by atoms with Gasteiger partial charge in [-0.25, -0.2) is 14.2 Å². The minimum Gasteiger partial charge on any atom is -0.348 e. The fraction of sp³-hybridized carbons (Fsp3) is 0.250. The third-order valence-corrected chi connectivity index (χ3v) is 2.90. The zero-order chi connectivity index (χ0) is 14.2. The first-order chi connectivity index (χ1) is 8.91. The molecule has 0 spiro atoms. The molecule has 0 saturated heterocycles. The van der Waals surface area contributed by atoms with Crippen molar-refractivity contribution in [3.05, 3.63) is 50.3 Å². The molecule has 0 aliphatic rings. The van der Waals surface area contributed by atoms with E-state index in [1.54, 1.807) is 50.3 Å². The van der Waals surface area contributed by atoms with E-state index in [2.05, 4.69) is 4.98 Å². The van der Waals surface area contributed by atoms with E-state index in [4.69, 9.17) is 11.6 Å². The number of anilines is 1. The SMILES string of the molecule is CN(C)c1nc(=O)n(-c2ccc(Cl)cc2)c(=O)n1C. The van der Waals surface area contributed by atoms with Crippen LogP contribution in [0.3, 0.4) is 0 Å². The van der Waals surface area contributed by atoms with E-state index >= 15 is 0 Å². The number of benzene rings is 1. The second-order valence-corrected chi connectivity index (χ2v) is 4.68. The molecule has 0 amide bonds. The smallest absolute Gasteiger partial charge is 0.348 e. The Hall–Kier alpha value is -2.08. The van der Waals surface area contributed by atoms with Gasteiger partial charge in [0.1, 0.15) is 0 Å². The number of hydrogen-bond acceptors (Lipinski definition) is 4. The van der Waals surface area contributed by atoms with E-state index in [9.17, 15) is 9.59 Å². The molecule has 19 heavy (non-hydrogen) atoms. The van der Waals surface area contributed by atoms with Crippen molar-refractivity contribution in [2.45, 2.75) is 0 Å². The quantitative estimate of drug-likeness (QED) is 0.810. The van der Waals surface area contributed by atoms with Crippen molar-refractivity contribution in [2.75, 3.05) is 19.0 Å². The van der Waals surface area contributed by atoms with Crippen LogP contribution in [-0.2, 0) is 7.05 Å². The number of rotatable bonds is 2. The van der Waals surface area contributed by atoms with E-state index in [1.165, 1.54) is 4.57 Å². The summed E-state index contributed by atoms with van der Waals surface area (Å²) in [7, 11) is 5.00. The molecule has 1 aromatic heterocycles. The molecule has 2 aromatic rings. The topological polar surface area (TPSA) is 60.1 Å². The van der Waals surface area contributed by atoms with Gasteiger partial charge in [-0.2, -0.15) is 4.98 Å². The summed E-state index contributed by atoms with van der Waals surface area (Å²) in [5.74, 6) is 0.306. The molecule has 0 aliphatic heterocycles. The lowest BCUT2D eigenvalue weighted by molar-refractivity contribution is 0.683. The van der Waals surface area contributed by atoms with Crippen molar-refractivity contribution in [1.82, 2.24) is 14.1 Å². The Labute approximate surface area is 114 Å². The number of aromatic nitrogens is 3. The summed E-state index contributed by atoms with van der Waals surface area (Å²) in [6.45, 7) is 0. The molecule has 0 unspecified atom stereocenters. The lowest BCUT2D eigenvalue weighted by atomic mass is 10.3. The largest absolute Gasteiger partial charge is 0.359 e.